The van der Waals surface area contributed by atoms with E-state index in [4.69, 9.17) is 0 Å². The lowest BCUT2D eigenvalue weighted by atomic mass is 9.99. The third-order valence-corrected chi connectivity index (χ3v) is 4.65. The number of hydrogen-bond donors (Lipinski definition) is 0. The number of benzene rings is 2. The molecule has 0 N–H and O–H groups in total. The smallest absolute Gasteiger partial charge is 0.254 e. The van der Waals surface area contributed by atoms with Crippen molar-refractivity contribution in [2.24, 2.45) is 0 Å². The molecule has 2 nitrogen and oxygen atoms in total. The Morgan fingerprint density at radius 3 is 2.71 bits per heavy atom. The van der Waals surface area contributed by atoms with Crippen LogP contribution in [0.2, 0.25) is 0 Å². The molecular formula is C18H18INO. The summed E-state index contributed by atoms with van der Waals surface area (Å²) >= 11 is 2.27. The van der Waals surface area contributed by atoms with Crippen molar-refractivity contribution in [1.29, 1.82) is 0 Å². The van der Waals surface area contributed by atoms with Crippen molar-refractivity contribution in [2.45, 2.75) is 19.3 Å². The Morgan fingerprint density at radius 1 is 1.10 bits per heavy atom. The third-order valence-electron chi connectivity index (χ3n) is 3.98. The number of nitrogens with zero attached hydrogens (tertiary/aromatic N) is 1. The highest BCUT2D eigenvalue weighted by Gasteiger charge is 2.23. The summed E-state index contributed by atoms with van der Waals surface area (Å²) in [5.41, 5.74) is 3.43. The maximum absolute atomic E-state index is 12.5. The average Bonchev–Trinajstić information content (AvgIpc) is 2.51. The van der Waals surface area contributed by atoms with E-state index in [9.17, 15) is 4.79 Å². The fraction of sp³-hybridized carbons (Fsp3) is 0.278. The highest BCUT2D eigenvalue weighted by atomic mass is 127. The monoisotopic (exact) mass is 391 g/mol. The second kappa shape index (κ2) is 6.60. The lowest BCUT2D eigenvalue weighted by Crippen LogP contribution is -2.38. The van der Waals surface area contributed by atoms with Crippen molar-refractivity contribution < 1.29 is 4.79 Å². The van der Waals surface area contributed by atoms with Gasteiger partial charge in [-0.1, -0.05) is 36.4 Å². The van der Waals surface area contributed by atoms with Gasteiger partial charge in [-0.2, -0.15) is 0 Å². The van der Waals surface area contributed by atoms with E-state index in [0.717, 1.165) is 41.5 Å². The van der Waals surface area contributed by atoms with Crippen LogP contribution in [-0.4, -0.2) is 23.9 Å². The molecule has 0 spiro atoms. The van der Waals surface area contributed by atoms with Gasteiger partial charge >= 0.3 is 0 Å². The molecule has 3 rings (SSSR count). The predicted octanol–water partition coefficient (Wildman–Crippen LogP) is 3.92. The predicted molar refractivity (Wildman–Crippen MR) is 93.5 cm³/mol. The minimum absolute atomic E-state index is 0.197. The number of carbonyl (C=O) groups excluding carboxylic acids is 1. The van der Waals surface area contributed by atoms with Crippen molar-refractivity contribution >= 4 is 28.5 Å². The zero-order chi connectivity index (χ0) is 14.7. The molecule has 0 aromatic heterocycles. The molecule has 0 bridgehead atoms. The van der Waals surface area contributed by atoms with Gasteiger partial charge in [0.25, 0.3) is 5.91 Å². The standard InChI is InChI=1S/C18H18INO/c19-16-9-8-15-10-12-20(18(21)17(15)13-16)11-4-7-14-5-2-1-3-6-14/h1-3,5-6,8-9,13H,4,7,10-12H2. The molecule has 1 aliphatic rings. The van der Waals surface area contributed by atoms with Gasteiger partial charge in [-0.05, 0) is 65.1 Å². The SMILES string of the molecule is O=C1c2cc(I)ccc2CCN1CCCc1ccccc1. The molecule has 21 heavy (non-hydrogen) atoms. The Labute approximate surface area is 139 Å². The number of fused-ring (bicyclic) bond motifs is 1. The number of rotatable bonds is 4. The van der Waals surface area contributed by atoms with E-state index < -0.39 is 0 Å². The summed E-state index contributed by atoms with van der Waals surface area (Å²) < 4.78 is 1.13. The van der Waals surface area contributed by atoms with E-state index in [1.165, 1.54) is 11.1 Å². The summed E-state index contributed by atoms with van der Waals surface area (Å²) in [6.07, 6.45) is 3.03. The molecule has 0 aliphatic carbocycles. The second-order valence-electron chi connectivity index (χ2n) is 5.43. The highest BCUT2D eigenvalue weighted by Crippen LogP contribution is 2.21. The number of hydrogen-bond acceptors (Lipinski definition) is 1. The van der Waals surface area contributed by atoms with Gasteiger partial charge in [-0.15, -0.1) is 0 Å². The van der Waals surface area contributed by atoms with E-state index in [-0.39, 0.29) is 5.91 Å². The van der Waals surface area contributed by atoms with Crippen LogP contribution in [0.15, 0.2) is 48.5 Å². The van der Waals surface area contributed by atoms with Gasteiger partial charge in [0, 0.05) is 22.2 Å². The van der Waals surface area contributed by atoms with Crippen molar-refractivity contribution in [1.82, 2.24) is 4.90 Å². The van der Waals surface area contributed by atoms with Crippen LogP contribution in [0.25, 0.3) is 0 Å². The van der Waals surface area contributed by atoms with Crippen LogP contribution in [-0.2, 0) is 12.8 Å². The summed E-state index contributed by atoms with van der Waals surface area (Å²) in [6, 6.07) is 16.7. The van der Waals surface area contributed by atoms with E-state index in [2.05, 4.69) is 59.0 Å². The first kappa shape index (κ1) is 14.6. The number of amides is 1. The zero-order valence-electron chi connectivity index (χ0n) is 11.9. The molecule has 0 unspecified atom stereocenters. The molecule has 2 aromatic rings. The second-order valence-corrected chi connectivity index (χ2v) is 6.68. The largest absolute Gasteiger partial charge is 0.338 e. The topological polar surface area (TPSA) is 20.3 Å². The number of aryl methyl sites for hydroxylation is 1. The van der Waals surface area contributed by atoms with Gasteiger partial charge < -0.3 is 4.90 Å². The molecule has 108 valence electrons. The number of halogens is 1. The minimum Gasteiger partial charge on any atom is -0.338 e. The lowest BCUT2D eigenvalue weighted by Gasteiger charge is -2.28. The zero-order valence-corrected chi connectivity index (χ0v) is 14.0. The van der Waals surface area contributed by atoms with Gasteiger partial charge in [0.1, 0.15) is 0 Å². The minimum atomic E-state index is 0.197. The Balaban J connectivity index is 1.61. The molecule has 0 fully saturated rings. The molecular weight excluding hydrogens is 373 g/mol. The molecule has 0 radical (unpaired) electrons. The summed E-state index contributed by atoms with van der Waals surface area (Å²) in [4.78, 5) is 14.5. The highest BCUT2D eigenvalue weighted by molar-refractivity contribution is 14.1. The van der Waals surface area contributed by atoms with E-state index in [1.807, 2.05) is 17.0 Å². The Kier molecular flexibility index (Phi) is 4.58. The first-order chi connectivity index (χ1) is 10.2. The van der Waals surface area contributed by atoms with E-state index in [1.54, 1.807) is 0 Å². The van der Waals surface area contributed by atoms with Crippen LogP contribution in [0.5, 0.6) is 0 Å². The van der Waals surface area contributed by atoms with Crippen LogP contribution in [0, 0.1) is 3.57 Å². The normalized spacial score (nSPS) is 14.1. The molecule has 2 aromatic carbocycles. The van der Waals surface area contributed by atoms with Gasteiger partial charge in [0.05, 0.1) is 0 Å². The van der Waals surface area contributed by atoms with Gasteiger partial charge in [0.2, 0.25) is 0 Å². The van der Waals surface area contributed by atoms with Crippen LogP contribution in [0.3, 0.4) is 0 Å². The molecule has 0 atom stereocenters. The molecule has 3 heteroatoms. The van der Waals surface area contributed by atoms with Crippen LogP contribution >= 0.6 is 22.6 Å². The van der Waals surface area contributed by atoms with Crippen LogP contribution in [0.1, 0.15) is 27.9 Å². The Hall–Kier alpha value is -1.36. The van der Waals surface area contributed by atoms with Gasteiger partial charge in [-0.25, -0.2) is 0 Å². The fourth-order valence-corrected chi connectivity index (χ4v) is 3.32. The summed E-state index contributed by atoms with van der Waals surface area (Å²) in [6.45, 7) is 1.69. The van der Waals surface area contributed by atoms with Crippen molar-refractivity contribution in [2.75, 3.05) is 13.1 Å². The lowest BCUT2D eigenvalue weighted by molar-refractivity contribution is 0.0738. The van der Waals surface area contributed by atoms with E-state index >= 15 is 0 Å². The third kappa shape index (κ3) is 3.46. The van der Waals surface area contributed by atoms with Crippen molar-refractivity contribution in [3.8, 4) is 0 Å². The van der Waals surface area contributed by atoms with Crippen LogP contribution < -0.4 is 0 Å². The first-order valence-electron chi connectivity index (χ1n) is 7.35. The van der Waals surface area contributed by atoms with Gasteiger partial charge in [0.15, 0.2) is 0 Å². The van der Waals surface area contributed by atoms with Gasteiger partial charge in [-0.3, -0.25) is 4.79 Å². The van der Waals surface area contributed by atoms with Crippen molar-refractivity contribution in [3.05, 3.63) is 68.8 Å². The molecule has 0 saturated carbocycles. The molecule has 1 aliphatic heterocycles. The van der Waals surface area contributed by atoms with Crippen LogP contribution in [0.4, 0.5) is 0 Å². The average molecular weight is 391 g/mol. The Morgan fingerprint density at radius 2 is 1.90 bits per heavy atom. The first-order valence-corrected chi connectivity index (χ1v) is 8.43. The van der Waals surface area contributed by atoms with E-state index in [0.29, 0.717) is 0 Å². The fourth-order valence-electron chi connectivity index (χ4n) is 2.83. The maximum Gasteiger partial charge on any atom is 0.254 e. The molecule has 0 saturated heterocycles. The quantitative estimate of drug-likeness (QED) is 0.724. The molecule has 1 amide bonds. The summed E-state index contributed by atoms with van der Waals surface area (Å²) in [5, 5.41) is 0. The summed E-state index contributed by atoms with van der Waals surface area (Å²) in [7, 11) is 0. The Bertz CT molecular complexity index is 639. The van der Waals surface area contributed by atoms with Crippen molar-refractivity contribution in [3.63, 3.8) is 0 Å². The molecule has 1 heterocycles. The number of carbonyl (C=O) groups is 1. The maximum atomic E-state index is 12.5. The summed E-state index contributed by atoms with van der Waals surface area (Å²) in [5.74, 6) is 0.197.